The van der Waals surface area contributed by atoms with Crippen molar-refractivity contribution in [3.63, 3.8) is 0 Å². The SMILES string of the molecule is C[N+](C)(C)CCOC(CC(=O)O)c1ccccc1.[Cl-]. The third kappa shape index (κ3) is 7.82. The second kappa shape index (κ2) is 8.15. The molecule has 1 aromatic carbocycles. The summed E-state index contributed by atoms with van der Waals surface area (Å²) in [6, 6.07) is 9.51. The van der Waals surface area contributed by atoms with Crippen LogP contribution in [0.1, 0.15) is 18.1 Å². The van der Waals surface area contributed by atoms with Gasteiger partial charge in [-0.15, -0.1) is 0 Å². The summed E-state index contributed by atoms with van der Waals surface area (Å²) in [6.45, 7) is 1.40. The molecule has 0 aliphatic carbocycles. The summed E-state index contributed by atoms with van der Waals surface area (Å²) in [5.74, 6) is -0.839. The van der Waals surface area contributed by atoms with Crippen molar-refractivity contribution in [1.29, 1.82) is 0 Å². The fourth-order valence-corrected chi connectivity index (χ4v) is 1.57. The number of halogens is 1. The third-order valence-corrected chi connectivity index (χ3v) is 2.61. The van der Waals surface area contributed by atoms with Crippen molar-refractivity contribution in [2.75, 3.05) is 34.3 Å². The molecule has 108 valence electrons. The van der Waals surface area contributed by atoms with E-state index in [-0.39, 0.29) is 24.9 Å². The number of likely N-dealkylation sites (N-methyl/N-ethyl adjacent to an activating group) is 1. The van der Waals surface area contributed by atoms with Crippen molar-refractivity contribution >= 4 is 5.97 Å². The molecule has 0 bridgehead atoms. The Kier molecular flexibility index (Phi) is 7.68. The minimum atomic E-state index is -0.839. The fraction of sp³-hybridized carbons (Fsp3) is 0.500. The summed E-state index contributed by atoms with van der Waals surface area (Å²) in [6.07, 6.45) is -0.364. The lowest BCUT2D eigenvalue weighted by atomic mass is 10.1. The van der Waals surface area contributed by atoms with Crippen LogP contribution in [0, 0.1) is 0 Å². The van der Waals surface area contributed by atoms with Gasteiger partial charge in [0.15, 0.2) is 0 Å². The third-order valence-electron chi connectivity index (χ3n) is 2.61. The largest absolute Gasteiger partial charge is 1.00 e. The van der Waals surface area contributed by atoms with Crippen LogP contribution in [-0.2, 0) is 9.53 Å². The molecule has 0 saturated carbocycles. The monoisotopic (exact) mass is 287 g/mol. The van der Waals surface area contributed by atoms with Gasteiger partial charge in [-0.3, -0.25) is 4.79 Å². The van der Waals surface area contributed by atoms with Crippen molar-refractivity contribution in [1.82, 2.24) is 0 Å². The fourth-order valence-electron chi connectivity index (χ4n) is 1.57. The van der Waals surface area contributed by atoms with Crippen LogP contribution in [-0.4, -0.2) is 49.9 Å². The van der Waals surface area contributed by atoms with Gasteiger partial charge < -0.3 is 26.7 Å². The van der Waals surface area contributed by atoms with E-state index in [1.807, 2.05) is 30.3 Å². The molecule has 1 rings (SSSR count). The van der Waals surface area contributed by atoms with Crippen LogP contribution in [0.5, 0.6) is 0 Å². The highest BCUT2D eigenvalue weighted by Gasteiger charge is 2.17. The average molecular weight is 288 g/mol. The molecule has 0 aliphatic heterocycles. The molecule has 19 heavy (non-hydrogen) atoms. The van der Waals surface area contributed by atoms with Crippen LogP contribution < -0.4 is 12.4 Å². The Morgan fingerprint density at radius 3 is 2.32 bits per heavy atom. The Labute approximate surface area is 121 Å². The van der Waals surface area contributed by atoms with Crippen LogP contribution in [0.4, 0.5) is 0 Å². The number of carboxylic acids is 1. The van der Waals surface area contributed by atoms with Crippen molar-refractivity contribution < 1.29 is 31.5 Å². The van der Waals surface area contributed by atoms with Gasteiger partial charge in [0.1, 0.15) is 6.54 Å². The predicted molar refractivity (Wildman–Crippen MR) is 70.3 cm³/mol. The molecule has 4 nitrogen and oxygen atoms in total. The summed E-state index contributed by atoms with van der Waals surface area (Å²) < 4.78 is 6.52. The summed E-state index contributed by atoms with van der Waals surface area (Å²) in [7, 11) is 6.24. The van der Waals surface area contributed by atoms with Crippen molar-refractivity contribution in [2.24, 2.45) is 0 Å². The molecule has 1 atom stereocenters. The van der Waals surface area contributed by atoms with E-state index >= 15 is 0 Å². The van der Waals surface area contributed by atoms with E-state index in [4.69, 9.17) is 9.84 Å². The van der Waals surface area contributed by atoms with E-state index in [0.717, 1.165) is 16.6 Å². The van der Waals surface area contributed by atoms with Gasteiger partial charge in [0.05, 0.1) is 40.3 Å². The van der Waals surface area contributed by atoms with Gasteiger partial charge in [-0.05, 0) is 5.56 Å². The number of carboxylic acid groups (broad SMARTS) is 1. The number of carbonyl (C=O) groups is 1. The topological polar surface area (TPSA) is 46.5 Å². The van der Waals surface area contributed by atoms with Gasteiger partial charge in [0, 0.05) is 0 Å². The second-order valence-corrected chi connectivity index (χ2v) is 5.38. The van der Waals surface area contributed by atoms with Crippen molar-refractivity contribution in [3.05, 3.63) is 35.9 Å². The number of hydrogen-bond donors (Lipinski definition) is 1. The smallest absolute Gasteiger partial charge is 0.306 e. The predicted octanol–water partition coefficient (Wildman–Crippen LogP) is -1.07. The second-order valence-electron chi connectivity index (χ2n) is 5.38. The minimum Gasteiger partial charge on any atom is -1.00 e. The number of benzene rings is 1. The zero-order valence-electron chi connectivity index (χ0n) is 11.7. The van der Waals surface area contributed by atoms with E-state index in [1.54, 1.807) is 0 Å². The van der Waals surface area contributed by atoms with Crippen LogP contribution in [0.2, 0.25) is 0 Å². The van der Waals surface area contributed by atoms with E-state index in [2.05, 4.69) is 21.1 Å². The number of quaternary nitrogens is 1. The highest BCUT2D eigenvalue weighted by Crippen LogP contribution is 2.20. The average Bonchev–Trinajstić information content (AvgIpc) is 2.27. The normalized spacial score (nSPS) is 12.6. The Bertz CT molecular complexity index is 376. The van der Waals surface area contributed by atoms with Crippen molar-refractivity contribution in [2.45, 2.75) is 12.5 Å². The standard InChI is InChI=1S/C14H21NO3.ClH/c1-15(2,3)9-10-18-13(11-14(16)17)12-7-5-4-6-8-12;/h4-8,13H,9-11H2,1-3H3;1H. The summed E-state index contributed by atoms with van der Waals surface area (Å²) in [5.41, 5.74) is 0.918. The molecular formula is C14H22ClNO3. The summed E-state index contributed by atoms with van der Waals surface area (Å²) in [4.78, 5) is 10.9. The molecule has 1 aromatic rings. The number of aliphatic carboxylic acids is 1. The maximum atomic E-state index is 10.9. The van der Waals surface area contributed by atoms with E-state index in [9.17, 15) is 4.79 Å². The number of hydrogen-bond acceptors (Lipinski definition) is 2. The molecule has 0 fully saturated rings. The first-order chi connectivity index (χ1) is 8.38. The highest BCUT2D eigenvalue weighted by atomic mass is 35.5. The van der Waals surface area contributed by atoms with Gasteiger partial charge in [-0.1, -0.05) is 30.3 Å². The molecule has 5 heteroatoms. The lowest BCUT2D eigenvalue weighted by Gasteiger charge is -2.25. The highest BCUT2D eigenvalue weighted by molar-refractivity contribution is 5.67. The number of ether oxygens (including phenoxy) is 1. The zero-order valence-corrected chi connectivity index (χ0v) is 12.4. The first kappa shape index (κ1) is 17.9. The van der Waals surface area contributed by atoms with Crippen molar-refractivity contribution in [3.8, 4) is 0 Å². The molecule has 0 aromatic heterocycles. The molecule has 1 N–H and O–H groups in total. The first-order valence-corrected chi connectivity index (χ1v) is 6.07. The quantitative estimate of drug-likeness (QED) is 0.650. The molecule has 1 unspecified atom stereocenters. The van der Waals surface area contributed by atoms with Gasteiger partial charge in [-0.2, -0.15) is 0 Å². The molecule has 0 radical (unpaired) electrons. The Morgan fingerprint density at radius 2 is 1.84 bits per heavy atom. The minimum absolute atomic E-state index is 0. The van der Waals surface area contributed by atoms with Gasteiger partial charge in [0.25, 0.3) is 0 Å². The molecule has 0 heterocycles. The number of rotatable bonds is 7. The van der Waals surface area contributed by atoms with Crippen LogP contribution in [0.15, 0.2) is 30.3 Å². The Balaban J connectivity index is 0.00000324. The molecule has 0 aliphatic rings. The van der Waals surface area contributed by atoms with Gasteiger partial charge in [0.2, 0.25) is 0 Å². The number of nitrogens with zero attached hydrogens (tertiary/aromatic N) is 1. The summed E-state index contributed by atoms with van der Waals surface area (Å²) >= 11 is 0. The molecule has 0 amide bonds. The Morgan fingerprint density at radius 1 is 1.26 bits per heavy atom. The maximum absolute atomic E-state index is 10.9. The lowest BCUT2D eigenvalue weighted by Crippen LogP contribution is -3.00. The molecule has 0 saturated heterocycles. The molecule has 0 spiro atoms. The van der Waals surface area contributed by atoms with Crippen LogP contribution in [0.3, 0.4) is 0 Å². The van der Waals surface area contributed by atoms with E-state index in [0.29, 0.717) is 6.61 Å². The van der Waals surface area contributed by atoms with E-state index in [1.165, 1.54) is 0 Å². The molecular weight excluding hydrogens is 266 g/mol. The Hall–Kier alpha value is -1.10. The zero-order chi connectivity index (χ0) is 13.6. The van der Waals surface area contributed by atoms with E-state index < -0.39 is 5.97 Å². The lowest BCUT2D eigenvalue weighted by molar-refractivity contribution is -0.870. The van der Waals surface area contributed by atoms with Gasteiger partial charge >= 0.3 is 5.97 Å². The van der Waals surface area contributed by atoms with Gasteiger partial charge in [-0.25, -0.2) is 0 Å². The van der Waals surface area contributed by atoms with Crippen LogP contribution in [0.25, 0.3) is 0 Å². The first-order valence-electron chi connectivity index (χ1n) is 6.07. The maximum Gasteiger partial charge on any atom is 0.306 e. The van der Waals surface area contributed by atoms with Crippen LogP contribution >= 0.6 is 0 Å². The summed E-state index contributed by atoms with van der Waals surface area (Å²) in [5, 5.41) is 8.92.